The second-order valence-corrected chi connectivity index (χ2v) is 6.81. The Bertz CT molecular complexity index is 643. The fraction of sp³-hybridized carbons (Fsp3) is 0.353. The fourth-order valence-corrected chi connectivity index (χ4v) is 2.39. The Morgan fingerprint density at radius 1 is 0.955 bits per heavy atom. The van der Waals surface area contributed by atoms with Crippen molar-refractivity contribution in [3.05, 3.63) is 41.0 Å². The highest BCUT2D eigenvalue weighted by atomic mass is 32.1. The van der Waals surface area contributed by atoms with Crippen LogP contribution in [0.2, 0.25) is 0 Å². The van der Waals surface area contributed by atoms with Gasteiger partial charge in [-0.1, -0.05) is 45.0 Å². The summed E-state index contributed by atoms with van der Waals surface area (Å²) in [5.41, 5.74) is 2.21. The summed E-state index contributed by atoms with van der Waals surface area (Å²) in [5, 5.41) is 0.218. The first-order chi connectivity index (χ1) is 10.1. The van der Waals surface area contributed by atoms with Crippen LogP contribution in [0, 0.1) is 0 Å². The van der Waals surface area contributed by atoms with Crippen molar-refractivity contribution in [2.24, 2.45) is 0 Å². The topological polar surface area (TPSA) is 40.6 Å². The Morgan fingerprint density at radius 3 is 1.82 bits per heavy atom. The van der Waals surface area contributed by atoms with E-state index in [1.807, 2.05) is 24.3 Å². The third-order valence-corrected chi connectivity index (χ3v) is 4.28. The molecule has 0 bridgehead atoms. The molecule has 0 aliphatic carbocycles. The van der Waals surface area contributed by atoms with Gasteiger partial charge in [-0.15, -0.1) is 0 Å². The van der Waals surface area contributed by atoms with Crippen LogP contribution in [0.4, 0.5) is 0 Å². The van der Waals surface area contributed by atoms with E-state index in [1.54, 1.807) is 20.2 Å². The molecule has 5 heteroatoms. The molecule has 2 rings (SSSR count). The minimum atomic E-state index is -0.368. The van der Waals surface area contributed by atoms with E-state index in [4.69, 9.17) is 12.2 Å². The van der Waals surface area contributed by atoms with Gasteiger partial charge in [0.15, 0.2) is 5.11 Å². The third kappa shape index (κ3) is 2.95. The summed E-state index contributed by atoms with van der Waals surface area (Å²) in [6.45, 7) is 6.42. The van der Waals surface area contributed by atoms with Crippen LogP contribution in [0.5, 0.6) is 0 Å². The van der Waals surface area contributed by atoms with Crippen molar-refractivity contribution < 1.29 is 9.59 Å². The van der Waals surface area contributed by atoms with Gasteiger partial charge in [-0.05, 0) is 34.8 Å². The maximum Gasteiger partial charge on any atom is 0.265 e. The van der Waals surface area contributed by atoms with Gasteiger partial charge >= 0.3 is 0 Å². The molecule has 0 saturated carbocycles. The maximum absolute atomic E-state index is 12.2. The average molecular weight is 316 g/mol. The number of carbonyl (C=O) groups excluding carboxylic acids is 2. The number of likely N-dealkylation sites (N-methyl/N-ethyl adjacent to an activating group) is 2. The van der Waals surface area contributed by atoms with Gasteiger partial charge < -0.3 is 0 Å². The number of amides is 2. The highest BCUT2D eigenvalue weighted by Crippen LogP contribution is 2.23. The monoisotopic (exact) mass is 316 g/mol. The molecule has 2 amide bonds. The molecule has 0 unspecified atom stereocenters. The standard InChI is InChI=1S/C17H20N2O2S/c1-17(2,3)12-8-6-11(7-9-12)10-13-14(20)18(4)16(22)19(5)15(13)21/h6-10H,1-5H3. The largest absolute Gasteiger partial charge is 0.288 e. The van der Waals surface area contributed by atoms with E-state index in [0.717, 1.165) is 5.56 Å². The lowest BCUT2D eigenvalue weighted by molar-refractivity contribution is -0.132. The lowest BCUT2D eigenvalue weighted by atomic mass is 9.86. The molecule has 0 aromatic heterocycles. The molecule has 22 heavy (non-hydrogen) atoms. The van der Waals surface area contributed by atoms with Crippen LogP contribution in [-0.4, -0.2) is 40.8 Å². The Balaban J connectivity index is 2.37. The summed E-state index contributed by atoms with van der Waals surface area (Å²) < 4.78 is 0. The van der Waals surface area contributed by atoms with Crippen molar-refractivity contribution in [2.45, 2.75) is 26.2 Å². The van der Waals surface area contributed by atoms with Crippen molar-refractivity contribution in [2.75, 3.05) is 14.1 Å². The Labute approximate surface area is 136 Å². The minimum Gasteiger partial charge on any atom is -0.288 e. The van der Waals surface area contributed by atoms with Crippen LogP contribution < -0.4 is 0 Å². The lowest BCUT2D eigenvalue weighted by Gasteiger charge is -2.31. The zero-order valence-corrected chi connectivity index (χ0v) is 14.3. The highest BCUT2D eigenvalue weighted by molar-refractivity contribution is 7.80. The van der Waals surface area contributed by atoms with Crippen LogP contribution in [0.15, 0.2) is 29.8 Å². The number of carbonyl (C=O) groups is 2. The first kappa shape index (κ1) is 16.4. The van der Waals surface area contributed by atoms with Crippen molar-refractivity contribution in [3.63, 3.8) is 0 Å². The van der Waals surface area contributed by atoms with Gasteiger partial charge in [0, 0.05) is 14.1 Å². The summed E-state index contributed by atoms with van der Waals surface area (Å²) >= 11 is 5.06. The maximum atomic E-state index is 12.2. The molecule has 1 aromatic carbocycles. The Morgan fingerprint density at radius 2 is 1.41 bits per heavy atom. The molecule has 0 spiro atoms. The van der Waals surface area contributed by atoms with Crippen LogP contribution in [0.1, 0.15) is 31.9 Å². The molecule has 1 aliphatic rings. The number of thiocarbonyl (C=S) groups is 1. The zero-order chi connectivity index (χ0) is 16.7. The van der Waals surface area contributed by atoms with Gasteiger partial charge in [-0.25, -0.2) is 0 Å². The molecule has 0 radical (unpaired) electrons. The van der Waals surface area contributed by atoms with Crippen molar-refractivity contribution >= 4 is 35.2 Å². The minimum absolute atomic E-state index is 0.0643. The molecule has 0 N–H and O–H groups in total. The van der Waals surface area contributed by atoms with Crippen LogP contribution in [0.3, 0.4) is 0 Å². The summed E-state index contributed by atoms with van der Waals surface area (Å²) in [4.78, 5) is 27.1. The van der Waals surface area contributed by atoms with Gasteiger partial charge in [0.2, 0.25) is 0 Å². The van der Waals surface area contributed by atoms with Crippen molar-refractivity contribution in [3.8, 4) is 0 Å². The smallest absolute Gasteiger partial charge is 0.265 e. The summed E-state index contributed by atoms with van der Waals surface area (Å²) in [7, 11) is 3.15. The lowest BCUT2D eigenvalue weighted by Crippen LogP contribution is -2.52. The second kappa shape index (κ2) is 5.65. The van der Waals surface area contributed by atoms with E-state index in [1.165, 1.54) is 15.4 Å². The molecule has 1 saturated heterocycles. The van der Waals surface area contributed by atoms with E-state index in [9.17, 15) is 9.59 Å². The second-order valence-electron chi connectivity index (χ2n) is 6.44. The van der Waals surface area contributed by atoms with Gasteiger partial charge in [0.25, 0.3) is 11.8 Å². The normalized spacial score (nSPS) is 16.4. The van der Waals surface area contributed by atoms with Crippen LogP contribution >= 0.6 is 12.2 Å². The molecule has 1 aliphatic heterocycles. The highest BCUT2D eigenvalue weighted by Gasteiger charge is 2.35. The molecular weight excluding hydrogens is 296 g/mol. The van der Waals surface area contributed by atoms with Crippen molar-refractivity contribution in [1.82, 2.24) is 9.80 Å². The van der Waals surface area contributed by atoms with E-state index in [-0.39, 0.29) is 27.9 Å². The van der Waals surface area contributed by atoms with E-state index in [2.05, 4.69) is 20.8 Å². The molecule has 4 nitrogen and oxygen atoms in total. The summed E-state index contributed by atoms with van der Waals surface area (Å²) in [6.07, 6.45) is 1.62. The van der Waals surface area contributed by atoms with E-state index >= 15 is 0 Å². The molecule has 0 atom stereocenters. The van der Waals surface area contributed by atoms with Crippen LogP contribution in [0.25, 0.3) is 6.08 Å². The van der Waals surface area contributed by atoms with Gasteiger partial charge in [0.05, 0.1) is 0 Å². The number of rotatable bonds is 1. The molecular formula is C17H20N2O2S. The van der Waals surface area contributed by atoms with Gasteiger partial charge in [0.1, 0.15) is 5.57 Å². The average Bonchev–Trinajstić information content (AvgIpc) is 2.47. The Hall–Kier alpha value is -2.01. The number of benzene rings is 1. The van der Waals surface area contributed by atoms with Gasteiger partial charge in [-0.2, -0.15) is 0 Å². The molecule has 1 heterocycles. The van der Waals surface area contributed by atoms with Crippen LogP contribution in [-0.2, 0) is 15.0 Å². The number of hydrogen-bond donors (Lipinski definition) is 0. The molecule has 1 fully saturated rings. The first-order valence-electron chi connectivity index (χ1n) is 7.05. The van der Waals surface area contributed by atoms with Gasteiger partial charge in [-0.3, -0.25) is 19.4 Å². The molecule has 1 aromatic rings. The van der Waals surface area contributed by atoms with E-state index in [0.29, 0.717) is 0 Å². The predicted octanol–water partition coefficient (Wildman–Crippen LogP) is 2.58. The Kier molecular flexibility index (Phi) is 4.20. The number of nitrogens with zero attached hydrogens (tertiary/aromatic N) is 2. The fourth-order valence-electron chi connectivity index (χ4n) is 2.22. The van der Waals surface area contributed by atoms with E-state index < -0.39 is 0 Å². The third-order valence-electron chi connectivity index (χ3n) is 3.73. The predicted molar refractivity (Wildman–Crippen MR) is 91.3 cm³/mol. The SMILES string of the molecule is CN1C(=O)C(=Cc2ccc(C(C)(C)C)cc2)C(=O)N(C)C1=S. The first-order valence-corrected chi connectivity index (χ1v) is 7.46. The number of hydrogen-bond acceptors (Lipinski definition) is 3. The van der Waals surface area contributed by atoms with Crippen molar-refractivity contribution in [1.29, 1.82) is 0 Å². The summed E-state index contributed by atoms with van der Waals surface area (Å²) in [5.74, 6) is -0.735. The summed E-state index contributed by atoms with van der Waals surface area (Å²) in [6, 6.07) is 7.87. The zero-order valence-electron chi connectivity index (χ0n) is 13.5. The quantitative estimate of drug-likeness (QED) is 0.454. The molecule has 116 valence electrons.